The zero-order valence-electron chi connectivity index (χ0n) is 19.9. The van der Waals surface area contributed by atoms with Crippen LogP contribution in [-0.4, -0.2) is 55.3 Å². The average Bonchev–Trinajstić information content (AvgIpc) is 2.58. The summed E-state index contributed by atoms with van der Waals surface area (Å²) in [4.78, 5) is 14.5. The Morgan fingerprint density at radius 3 is 2.25 bits per heavy atom. The number of halogens is 1. The van der Waals surface area contributed by atoms with E-state index in [0.29, 0.717) is 25.3 Å². The van der Waals surface area contributed by atoms with Crippen LogP contribution < -0.4 is 0 Å². The summed E-state index contributed by atoms with van der Waals surface area (Å²) in [6, 6.07) is 3.00. The molecule has 1 aliphatic rings. The lowest BCUT2D eigenvalue weighted by Crippen LogP contribution is -2.46. The first kappa shape index (κ1) is 26.0. The maximum Gasteiger partial charge on any atom is 0.222 e. The molecule has 7 heteroatoms. The van der Waals surface area contributed by atoms with Gasteiger partial charge in [-0.2, -0.15) is 0 Å². The van der Waals surface area contributed by atoms with Crippen LogP contribution in [0, 0.1) is 0 Å². The van der Waals surface area contributed by atoms with Gasteiger partial charge in [-0.1, -0.05) is 32.0 Å². The molecule has 0 heterocycles. The van der Waals surface area contributed by atoms with Crippen LogP contribution in [0.4, 0.5) is 4.39 Å². The summed E-state index contributed by atoms with van der Waals surface area (Å²) in [6.07, 6.45) is 6.54. The van der Waals surface area contributed by atoms with Gasteiger partial charge in [0.15, 0.2) is 16.6 Å². The molecule has 0 aromatic carbocycles. The molecule has 0 aliphatic heterocycles. The van der Waals surface area contributed by atoms with E-state index in [1.807, 2.05) is 11.9 Å². The van der Waals surface area contributed by atoms with Crippen molar-refractivity contribution in [3.8, 4) is 0 Å². The number of carbonyl (C=O) groups is 1. The zero-order valence-corrected chi connectivity index (χ0v) is 22.9. The highest BCUT2D eigenvalue weighted by atomic mass is 28.4. The molecule has 1 fully saturated rings. The van der Waals surface area contributed by atoms with Crippen molar-refractivity contribution in [3.05, 3.63) is 0 Å². The summed E-state index contributed by atoms with van der Waals surface area (Å²) in [6.45, 7) is 16.5. The lowest BCUT2D eigenvalue weighted by molar-refractivity contribution is -0.132. The fourth-order valence-corrected chi connectivity index (χ4v) is 19.0. The number of carbonyl (C=O) groups excluding carboxylic acids is 1. The fraction of sp³-hybridized carbons (Fsp3) is 0.952. The van der Waals surface area contributed by atoms with Gasteiger partial charge in [0.05, 0.1) is 14.7 Å². The molecule has 0 saturated heterocycles. The zero-order chi connectivity index (χ0) is 21.6. The van der Waals surface area contributed by atoms with Crippen molar-refractivity contribution in [1.29, 1.82) is 0 Å². The van der Waals surface area contributed by atoms with Crippen molar-refractivity contribution >= 4 is 30.6 Å². The Balaban J connectivity index is 2.62. The van der Waals surface area contributed by atoms with Gasteiger partial charge >= 0.3 is 0 Å². The Kier molecular flexibility index (Phi) is 10.1. The molecule has 28 heavy (non-hydrogen) atoms. The summed E-state index contributed by atoms with van der Waals surface area (Å²) in [5.74, 6) is 0.204. The van der Waals surface area contributed by atoms with Crippen molar-refractivity contribution in [2.75, 3.05) is 13.7 Å². The largest absolute Gasteiger partial charge is 0.456 e. The molecule has 2 atom stereocenters. The molecule has 2 unspecified atom stereocenters. The van der Waals surface area contributed by atoms with Gasteiger partial charge in [-0.05, 0) is 70.0 Å². The number of rotatable bonds is 11. The molecule has 0 aromatic heterocycles. The standard InChI is InChI=1S/C21H46FNO2Si3/c1-23(21(24)14-9-10-15-22)19-12-11-13-20(18-19)27(5,6)16-17-28(7,8)25-26(2,3)4/h19-20H,9-18H2,1-8H3. The fourth-order valence-electron chi connectivity index (χ4n) is 4.68. The highest BCUT2D eigenvalue weighted by Gasteiger charge is 2.39. The molecule has 0 spiro atoms. The molecule has 0 N–H and O–H groups in total. The van der Waals surface area contributed by atoms with Crippen LogP contribution in [0.5, 0.6) is 0 Å². The molecule has 3 nitrogen and oxygen atoms in total. The van der Waals surface area contributed by atoms with Crippen molar-refractivity contribution in [2.24, 2.45) is 0 Å². The van der Waals surface area contributed by atoms with Crippen LogP contribution in [0.1, 0.15) is 44.9 Å². The Morgan fingerprint density at radius 1 is 1.04 bits per heavy atom. The molecular formula is C21H46FNO2Si3. The molecule has 1 amide bonds. The van der Waals surface area contributed by atoms with Gasteiger partial charge in [-0.3, -0.25) is 9.18 Å². The lowest BCUT2D eigenvalue weighted by Gasteiger charge is -2.43. The lowest BCUT2D eigenvalue weighted by atomic mass is 9.93. The smallest absolute Gasteiger partial charge is 0.222 e. The summed E-state index contributed by atoms with van der Waals surface area (Å²) in [7, 11) is -2.45. The maximum absolute atomic E-state index is 12.5. The second-order valence-corrected chi connectivity index (χ2v) is 25.5. The SMILES string of the molecule is CN(C(=O)CCCCF)C1CCCC([Si](C)(C)CC[Si](C)(C)O[Si](C)(C)C)C1. The van der Waals surface area contributed by atoms with E-state index < -0.39 is 24.7 Å². The number of nitrogens with zero attached hydrogens (tertiary/aromatic N) is 1. The second kappa shape index (κ2) is 10.9. The van der Waals surface area contributed by atoms with Gasteiger partial charge in [0.2, 0.25) is 5.91 Å². The topological polar surface area (TPSA) is 29.5 Å². The number of amides is 1. The summed E-state index contributed by atoms with van der Waals surface area (Å²) < 4.78 is 18.9. The van der Waals surface area contributed by atoms with Crippen LogP contribution in [0.2, 0.25) is 63.5 Å². The van der Waals surface area contributed by atoms with Gasteiger partial charge in [-0.15, -0.1) is 0 Å². The quantitative estimate of drug-likeness (QED) is 0.262. The monoisotopic (exact) mass is 447 g/mol. The Bertz CT molecular complexity index is 495. The van der Waals surface area contributed by atoms with E-state index in [9.17, 15) is 9.18 Å². The van der Waals surface area contributed by atoms with Crippen molar-refractivity contribution in [3.63, 3.8) is 0 Å². The molecule has 0 aromatic rings. The second-order valence-electron chi connectivity index (χ2n) is 11.1. The molecule has 1 saturated carbocycles. The van der Waals surface area contributed by atoms with E-state index >= 15 is 0 Å². The third-order valence-corrected chi connectivity index (χ3v) is 17.3. The highest BCUT2D eigenvalue weighted by molar-refractivity contribution is 6.86. The Labute approximate surface area is 177 Å². The molecule has 166 valence electrons. The van der Waals surface area contributed by atoms with E-state index in [2.05, 4.69) is 45.8 Å². The van der Waals surface area contributed by atoms with Crippen LogP contribution in [-0.2, 0) is 8.91 Å². The van der Waals surface area contributed by atoms with Gasteiger partial charge in [0.1, 0.15) is 0 Å². The number of alkyl halides is 1. The van der Waals surface area contributed by atoms with Crippen molar-refractivity contribution in [1.82, 2.24) is 4.90 Å². The van der Waals surface area contributed by atoms with E-state index in [1.165, 1.54) is 31.4 Å². The maximum atomic E-state index is 12.5. The predicted molar refractivity (Wildman–Crippen MR) is 128 cm³/mol. The average molecular weight is 448 g/mol. The first-order chi connectivity index (χ1) is 12.8. The van der Waals surface area contributed by atoms with Crippen LogP contribution in [0.3, 0.4) is 0 Å². The minimum absolute atomic E-state index is 0.204. The minimum Gasteiger partial charge on any atom is -0.456 e. The van der Waals surface area contributed by atoms with Crippen LogP contribution >= 0.6 is 0 Å². The molecule has 1 rings (SSSR count). The third-order valence-electron chi connectivity index (χ3n) is 6.42. The summed E-state index contributed by atoms with van der Waals surface area (Å²) in [5, 5.41) is 0. The van der Waals surface area contributed by atoms with E-state index in [4.69, 9.17) is 4.12 Å². The number of hydrogen-bond donors (Lipinski definition) is 0. The predicted octanol–water partition coefficient (Wildman–Crippen LogP) is 6.66. The highest BCUT2D eigenvalue weighted by Crippen LogP contribution is 2.42. The van der Waals surface area contributed by atoms with Gasteiger partial charge < -0.3 is 9.02 Å². The summed E-state index contributed by atoms with van der Waals surface area (Å²) in [5.41, 5.74) is 0.795. The minimum atomic E-state index is -1.59. The van der Waals surface area contributed by atoms with E-state index in [0.717, 1.165) is 12.0 Å². The summed E-state index contributed by atoms with van der Waals surface area (Å²) >= 11 is 0. The van der Waals surface area contributed by atoms with Crippen LogP contribution in [0.25, 0.3) is 0 Å². The van der Waals surface area contributed by atoms with Gasteiger partial charge in [-0.25, -0.2) is 0 Å². The molecule has 0 radical (unpaired) electrons. The number of hydrogen-bond acceptors (Lipinski definition) is 2. The first-order valence-electron chi connectivity index (χ1n) is 11.3. The van der Waals surface area contributed by atoms with Crippen LogP contribution in [0.15, 0.2) is 0 Å². The van der Waals surface area contributed by atoms with Gasteiger partial charge in [0.25, 0.3) is 0 Å². The first-order valence-corrected chi connectivity index (χ1v) is 21.1. The third kappa shape index (κ3) is 9.22. The molecule has 0 bridgehead atoms. The number of unbranched alkanes of at least 4 members (excludes halogenated alkanes) is 1. The Morgan fingerprint density at radius 2 is 1.68 bits per heavy atom. The molecule has 1 aliphatic carbocycles. The van der Waals surface area contributed by atoms with Gasteiger partial charge in [0, 0.05) is 19.5 Å². The Hall–Kier alpha value is 0.0106. The van der Waals surface area contributed by atoms with Crippen molar-refractivity contribution < 1.29 is 13.3 Å². The van der Waals surface area contributed by atoms with E-state index in [1.54, 1.807) is 0 Å². The normalized spacial score (nSPS) is 21.6. The van der Waals surface area contributed by atoms with E-state index in [-0.39, 0.29) is 12.6 Å². The molecular weight excluding hydrogens is 401 g/mol. The van der Waals surface area contributed by atoms with Crippen molar-refractivity contribution in [2.45, 2.75) is 114 Å².